The Morgan fingerprint density at radius 2 is 2.25 bits per heavy atom. The van der Waals surface area contributed by atoms with Gasteiger partial charge in [0.15, 0.2) is 0 Å². The molecular weight excluding hydrogens is 318 g/mol. The predicted molar refractivity (Wildman–Crippen MR) is 83.7 cm³/mol. The SMILES string of the molecule is O=C(CNc1cccc2cc(Br)cnc12)NCC1CC1. The Bertz CT molecular complexity index is 640. The number of benzene rings is 1. The van der Waals surface area contributed by atoms with Crippen molar-refractivity contribution >= 4 is 38.4 Å². The Labute approximate surface area is 126 Å². The number of para-hydroxylation sites is 1. The summed E-state index contributed by atoms with van der Waals surface area (Å²) in [5.41, 5.74) is 1.77. The van der Waals surface area contributed by atoms with Gasteiger partial charge in [0.2, 0.25) is 5.91 Å². The van der Waals surface area contributed by atoms with Crippen LogP contribution in [0.3, 0.4) is 0 Å². The lowest BCUT2D eigenvalue weighted by Crippen LogP contribution is -2.31. The van der Waals surface area contributed by atoms with Crippen molar-refractivity contribution < 1.29 is 4.79 Å². The number of fused-ring (bicyclic) bond motifs is 1. The number of nitrogens with zero attached hydrogens (tertiary/aromatic N) is 1. The molecular formula is C15H16BrN3O. The smallest absolute Gasteiger partial charge is 0.239 e. The average molecular weight is 334 g/mol. The van der Waals surface area contributed by atoms with Gasteiger partial charge in [-0.05, 0) is 46.8 Å². The first-order valence-corrected chi connectivity index (χ1v) is 7.56. The molecule has 1 amide bonds. The minimum absolute atomic E-state index is 0.0333. The molecule has 0 spiro atoms. The van der Waals surface area contributed by atoms with Crippen LogP contribution >= 0.6 is 15.9 Å². The summed E-state index contributed by atoms with van der Waals surface area (Å²) >= 11 is 3.41. The molecule has 0 atom stereocenters. The highest BCUT2D eigenvalue weighted by Gasteiger charge is 2.21. The molecule has 5 heteroatoms. The number of nitrogens with one attached hydrogen (secondary N) is 2. The third-order valence-corrected chi connectivity index (χ3v) is 3.84. The minimum atomic E-state index is 0.0333. The van der Waals surface area contributed by atoms with E-state index in [1.54, 1.807) is 6.20 Å². The van der Waals surface area contributed by atoms with E-state index in [1.807, 2.05) is 24.3 Å². The molecule has 0 radical (unpaired) electrons. The van der Waals surface area contributed by atoms with Gasteiger partial charge in [-0.3, -0.25) is 9.78 Å². The number of anilines is 1. The molecule has 1 saturated carbocycles. The van der Waals surface area contributed by atoms with E-state index in [1.165, 1.54) is 12.8 Å². The minimum Gasteiger partial charge on any atom is -0.374 e. The number of aromatic nitrogens is 1. The van der Waals surface area contributed by atoms with Crippen LogP contribution in [0.2, 0.25) is 0 Å². The monoisotopic (exact) mass is 333 g/mol. The predicted octanol–water partition coefficient (Wildman–Crippen LogP) is 2.94. The second kappa shape index (κ2) is 5.79. The van der Waals surface area contributed by atoms with E-state index in [2.05, 4.69) is 31.5 Å². The molecule has 4 nitrogen and oxygen atoms in total. The number of halogens is 1. The number of hydrogen-bond donors (Lipinski definition) is 2. The van der Waals surface area contributed by atoms with Crippen LogP contribution in [-0.2, 0) is 4.79 Å². The average Bonchev–Trinajstić information content (AvgIpc) is 3.26. The molecule has 1 aromatic carbocycles. The summed E-state index contributed by atoms with van der Waals surface area (Å²) in [6, 6.07) is 7.92. The van der Waals surface area contributed by atoms with Gasteiger partial charge in [0.25, 0.3) is 0 Å². The molecule has 2 N–H and O–H groups in total. The summed E-state index contributed by atoms with van der Waals surface area (Å²) in [7, 11) is 0. The first-order chi connectivity index (χ1) is 9.72. The third kappa shape index (κ3) is 3.28. The van der Waals surface area contributed by atoms with Crippen LogP contribution in [0.4, 0.5) is 5.69 Å². The largest absolute Gasteiger partial charge is 0.374 e. The van der Waals surface area contributed by atoms with Crippen molar-refractivity contribution in [2.24, 2.45) is 5.92 Å². The zero-order valence-electron chi connectivity index (χ0n) is 11.0. The van der Waals surface area contributed by atoms with Crippen molar-refractivity contribution in [2.75, 3.05) is 18.4 Å². The molecule has 3 rings (SSSR count). The van der Waals surface area contributed by atoms with Gasteiger partial charge in [0, 0.05) is 22.6 Å². The van der Waals surface area contributed by atoms with Gasteiger partial charge in [-0.1, -0.05) is 12.1 Å². The standard InChI is InChI=1S/C15H16BrN3O/c16-12-6-11-2-1-3-13(15(11)19-8-12)17-9-14(20)18-7-10-4-5-10/h1-3,6,8,10,17H,4-5,7,9H2,(H,18,20). The lowest BCUT2D eigenvalue weighted by atomic mass is 10.2. The van der Waals surface area contributed by atoms with Gasteiger partial charge in [0.05, 0.1) is 17.7 Å². The molecule has 2 aromatic rings. The van der Waals surface area contributed by atoms with Crippen molar-refractivity contribution in [3.05, 3.63) is 34.9 Å². The second-order valence-corrected chi connectivity index (χ2v) is 6.05. The van der Waals surface area contributed by atoms with Crippen molar-refractivity contribution in [3.63, 3.8) is 0 Å². The zero-order valence-corrected chi connectivity index (χ0v) is 12.6. The van der Waals surface area contributed by atoms with Crippen LogP contribution in [0.5, 0.6) is 0 Å². The van der Waals surface area contributed by atoms with Crippen LogP contribution in [0.15, 0.2) is 34.9 Å². The third-order valence-electron chi connectivity index (χ3n) is 3.40. The Balaban J connectivity index is 1.65. The lowest BCUT2D eigenvalue weighted by molar-refractivity contribution is -0.119. The molecule has 1 aromatic heterocycles. The number of amides is 1. The highest BCUT2D eigenvalue weighted by molar-refractivity contribution is 9.10. The van der Waals surface area contributed by atoms with Gasteiger partial charge in [-0.2, -0.15) is 0 Å². The molecule has 0 unspecified atom stereocenters. The van der Waals surface area contributed by atoms with Crippen LogP contribution in [-0.4, -0.2) is 24.0 Å². The summed E-state index contributed by atoms with van der Waals surface area (Å²) < 4.78 is 0.948. The van der Waals surface area contributed by atoms with E-state index in [0.717, 1.165) is 27.6 Å². The number of rotatable bonds is 5. The zero-order chi connectivity index (χ0) is 13.9. The molecule has 20 heavy (non-hydrogen) atoms. The first kappa shape index (κ1) is 13.4. The Morgan fingerprint density at radius 3 is 3.05 bits per heavy atom. The van der Waals surface area contributed by atoms with Gasteiger partial charge < -0.3 is 10.6 Å². The second-order valence-electron chi connectivity index (χ2n) is 5.13. The summed E-state index contributed by atoms with van der Waals surface area (Å²) in [5.74, 6) is 0.738. The van der Waals surface area contributed by atoms with E-state index in [-0.39, 0.29) is 12.5 Å². The van der Waals surface area contributed by atoms with E-state index < -0.39 is 0 Å². The summed E-state index contributed by atoms with van der Waals surface area (Å²) in [5, 5.41) is 7.15. The van der Waals surface area contributed by atoms with Crippen LogP contribution in [0.25, 0.3) is 10.9 Å². The molecule has 0 saturated heterocycles. The summed E-state index contributed by atoms with van der Waals surface area (Å²) in [4.78, 5) is 16.1. The highest BCUT2D eigenvalue weighted by atomic mass is 79.9. The number of carbonyl (C=O) groups is 1. The fraction of sp³-hybridized carbons (Fsp3) is 0.333. The first-order valence-electron chi connectivity index (χ1n) is 6.77. The van der Waals surface area contributed by atoms with Crippen molar-refractivity contribution in [2.45, 2.75) is 12.8 Å². The Morgan fingerprint density at radius 1 is 1.40 bits per heavy atom. The molecule has 1 aliphatic carbocycles. The van der Waals surface area contributed by atoms with Crippen LogP contribution < -0.4 is 10.6 Å². The Hall–Kier alpha value is -1.62. The number of carbonyl (C=O) groups excluding carboxylic acids is 1. The van der Waals surface area contributed by atoms with Crippen molar-refractivity contribution in [1.29, 1.82) is 0 Å². The fourth-order valence-corrected chi connectivity index (χ4v) is 2.44. The van der Waals surface area contributed by atoms with Crippen LogP contribution in [0, 0.1) is 5.92 Å². The van der Waals surface area contributed by atoms with Gasteiger partial charge in [-0.25, -0.2) is 0 Å². The molecule has 0 bridgehead atoms. The molecule has 0 aliphatic heterocycles. The van der Waals surface area contributed by atoms with E-state index in [0.29, 0.717) is 5.92 Å². The quantitative estimate of drug-likeness (QED) is 0.884. The van der Waals surface area contributed by atoms with Gasteiger partial charge >= 0.3 is 0 Å². The maximum atomic E-state index is 11.7. The number of pyridine rings is 1. The van der Waals surface area contributed by atoms with E-state index >= 15 is 0 Å². The topological polar surface area (TPSA) is 54.0 Å². The van der Waals surface area contributed by atoms with Crippen LogP contribution in [0.1, 0.15) is 12.8 Å². The molecule has 104 valence electrons. The van der Waals surface area contributed by atoms with Gasteiger partial charge in [0.1, 0.15) is 0 Å². The maximum Gasteiger partial charge on any atom is 0.239 e. The van der Waals surface area contributed by atoms with E-state index in [9.17, 15) is 4.79 Å². The molecule has 1 fully saturated rings. The van der Waals surface area contributed by atoms with Crippen molar-refractivity contribution in [1.82, 2.24) is 10.3 Å². The number of hydrogen-bond acceptors (Lipinski definition) is 3. The molecule has 1 heterocycles. The van der Waals surface area contributed by atoms with Crippen molar-refractivity contribution in [3.8, 4) is 0 Å². The lowest BCUT2D eigenvalue weighted by Gasteiger charge is -2.09. The summed E-state index contributed by atoms with van der Waals surface area (Å²) in [6.07, 6.45) is 4.26. The fourth-order valence-electron chi connectivity index (χ4n) is 2.09. The summed E-state index contributed by atoms with van der Waals surface area (Å²) in [6.45, 7) is 1.09. The molecule has 1 aliphatic rings. The van der Waals surface area contributed by atoms with Gasteiger partial charge in [-0.15, -0.1) is 0 Å². The highest BCUT2D eigenvalue weighted by Crippen LogP contribution is 2.27. The maximum absolute atomic E-state index is 11.7. The normalized spacial score (nSPS) is 14.2. The van der Waals surface area contributed by atoms with E-state index in [4.69, 9.17) is 0 Å². The Kier molecular flexibility index (Phi) is 3.87.